The van der Waals surface area contributed by atoms with Gasteiger partial charge in [-0.05, 0) is 190 Å². The number of ketones is 2. The molecule has 4 amide bonds. The topological polar surface area (TPSA) is 173 Å². The summed E-state index contributed by atoms with van der Waals surface area (Å²) in [6.45, 7) is 9.54. The highest BCUT2D eigenvalue weighted by molar-refractivity contribution is 6.15. The van der Waals surface area contributed by atoms with E-state index in [4.69, 9.17) is 14.2 Å². The van der Waals surface area contributed by atoms with Gasteiger partial charge in [0.15, 0.2) is 58.1 Å². The summed E-state index contributed by atoms with van der Waals surface area (Å²) in [5.74, 6) is -9.96. The van der Waals surface area contributed by atoms with Crippen molar-refractivity contribution in [1.82, 2.24) is 20.4 Å². The van der Waals surface area contributed by atoms with Crippen LogP contribution in [0.5, 0.6) is 5.75 Å². The van der Waals surface area contributed by atoms with Crippen LogP contribution in [0.4, 0.5) is 40.8 Å². The third-order valence-electron chi connectivity index (χ3n) is 15.1. The van der Waals surface area contributed by atoms with Gasteiger partial charge in [-0.25, -0.2) is 35.1 Å². The third-order valence-corrected chi connectivity index (χ3v) is 15.1. The van der Waals surface area contributed by atoms with Gasteiger partial charge in [0.25, 0.3) is 11.8 Å². The highest BCUT2D eigenvalue weighted by atomic mass is 19.2. The van der Waals surface area contributed by atoms with Crippen LogP contribution in [0.15, 0.2) is 144 Å². The first-order valence-corrected chi connectivity index (χ1v) is 29.8. The van der Waals surface area contributed by atoms with Crippen molar-refractivity contribution in [3.63, 3.8) is 0 Å². The van der Waals surface area contributed by atoms with Crippen LogP contribution in [0.1, 0.15) is 95.3 Å². The predicted molar refractivity (Wildman–Crippen MR) is 331 cm³/mol. The number of halogens is 8. The maximum atomic E-state index is 13.9. The van der Waals surface area contributed by atoms with Crippen molar-refractivity contribution in [1.29, 1.82) is 0 Å². The molecule has 482 valence electrons. The number of carbonyl (C=O) groups excluding carboxylic acids is 6. The lowest BCUT2D eigenvalue weighted by atomic mass is 9.83. The molecule has 1 aliphatic heterocycles. The number of anilines is 1. The van der Waals surface area contributed by atoms with Crippen molar-refractivity contribution < 1.29 is 78.1 Å². The van der Waals surface area contributed by atoms with E-state index >= 15 is 0 Å². The highest BCUT2D eigenvalue weighted by Crippen LogP contribution is 2.32. The number of rotatable bonds is 23. The lowest BCUT2D eigenvalue weighted by molar-refractivity contribution is -0.131. The number of nitrogens with one attached hydrogen (secondary N) is 3. The van der Waals surface area contributed by atoms with Crippen molar-refractivity contribution in [3.05, 3.63) is 224 Å². The molecule has 0 unspecified atom stereocenters. The molecule has 2 aliphatic carbocycles. The molecule has 92 heavy (non-hydrogen) atoms. The summed E-state index contributed by atoms with van der Waals surface area (Å²) in [7, 11) is 0. The fraction of sp³-hybridized carbons (Fsp3) is 0.286. The van der Waals surface area contributed by atoms with Crippen molar-refractivity contribution in [2.75, 3.05) is 71.1 Å². The van der Waals surface area contributed by atoms with Gasteiger partial charge in [0.05, 0.1) is 19.8 Å². The molecule has 0 spiro atoms. The van der Waals surface area contributed by atoms with Crippen molar-refractivity contribution >= 4 is 65.2 Å². The van der Waals surface area contributed by atoms with E-state index in [1.165, 1.54) is 65.6 Å². The average Bonchev–Trinajstić information content (AvgIpc) is 1.09. The quantitative estimate of drug-likeness (QED) is 0.0318. The van der Waals surface area contributed by atoms with Gasteiger partial charge in [-0.2, -0.15) is 0 Å². The molecule has 22 heteroatoms. The molecule has 9 rings (SSSR count). The summed E-state index contributed by atoms with van der Waals surface area (Å²) in [5.41, 5.74) is 2.97. The second kappa shape index (κ2) is 33.1. The fourth-order valence-corrected chi connectivity index (χ4v) is 10.4. The fourth-order valence-electron chi connectivity index (χ4n) is 10.4. The third kappa shape index (κ3) is 19.8. The summed E-state index contributed by atoms with van der Waals surface area (Å²) in [4.78, 5) is 80.9. The summed E-state index contributed by atoms with van der Waals surface area (Å²) in [5, 5.41) is 8.51. The van der Waals surface area contributed by atoms with E-state index in [2.05, 4.69) is 20.9 Å². The zero-order valence-electron chi connectivity index (χ0n) is 50.4. The monoisotopic (exact) mass is 1270 g/mol. The van der Waals surface area contributed by atoms with Crippen LogP contribution in [-0.4, -0.2) is 123 Å². The lowest BCUT2D eigenvalue weighted by Gasteiger charge is -2.27. The number of hydrogen-bond acceptors (Lipinski definition) is 10. The van der Waals surface area contributed by atoms with E-state index in [0.29, 0.717) is 69.5 Å². The smallest absolute Gasteiger partial charge is 0.251 e. The first kappa shape index (κ1) is 68.5. The number of hydrogen-bond donors (Lipinski definition) is 3. The molecule has 0 radical (unpaired) electrons. The van der Waals surface area contributed by atoms with Gasteiger partial charge < -0.3 is 35.1 Å². The Balaban J connectivity index is 0.000000237. The predicted octanol–water partition coefficient (Wildman–Crippen LogP) is 12.1. The van der Waals surface area contributed by atoms with E-state index in [0.717, 1.165) is 68.0 Å². The molecule has 2 saturated carbocycles. The van der Waals surface area contributed by atoms with Gasteiger partial charge in [0, 0.05) is 97.0 Å². The van der Waals surface area contributed by atoms with Crippen LogP contribution >= 0.6 is 0 Å². The van der Waals surface area contributed by atoms with E-state index in [1.807, 2.05) is 13.8 Å². The molecule has 1 heterocycles. The normalized spacial score (nSPS) is 17.6. The first-order valence-electron chi connectivity index (χ1n) is 29.8. The molecule has 3 N–H and O–H groups in total. The Morgan fingerprint density at radius 2 is 0.870 bits per heavy atom. The zero-order chi connectivity index (χ0) is 65.8. The van der Waals surface area contributed by atoms with Gasteiger partial charge in [-0.1, -0.05) is 24.3 Å². The number of carbonyl (C=O) groups is 6. The SMILES string of the molecule is CCOCCN(CCOCC)CCOc1ccc(C(=O)NC2C/C(=C\c3ccc(F)c(F)c3)C(=O)/C(=C/c3ccc(F)c(F)c3)C2)cc1.O=C(CN1CCCC1=O)Nc1ccc(C(=O)NC2C/C(=C\c3ccc(F)c(F)c3)C(=O)/C(=C/c3ccc(F)c(F)c3)C2)cc1. The Labute approximate surface area is 526 Å². The Bertz CT molecular complexity index is 3640. The van der Waals surface area contributed by atoms with Gasteiger partial charge in [0.2, 0.25) is 11.8 Å². The molecule has 0 aromatic heterocycles. The summed E-state index contributed by atoms with van der Waals surface area (Å²) in [6.07, 6.45) is 7.18. The van der Waals surface area contributed by atoms with Crippen LogP contribution < -0.4 is 20.7 Å². The Morgan fingerprint density at radius 3 is 1.22 bits per heavy atom. The van der Waals surface area contributed by atoms with E-state index in [9.17, 15) is 63.9 Å². The largest absolute Gasteiger partial charge is 0.492 e. The van der Waals surface area contributed by atoms with Crippen LogP contribution in [0, 0.1) is 46.5 Å². The van der Waals surface area contributed by atoms with Crippen LogP contribution in [0.25, 0.3) is 24.3 Å². The van der Waals surface area contributed by atoms with E-state index < -0.39 is 82.0 Å². The first-order chi connectivity index (χ1) is 44.2. The van der Waals surface area contributed by atoms with Gasteiger partial charge in [0.1, 0.15) is 12.4 Å². The van der Waals surface area contributed by atoms with Crippen molar-refractivity contribution in [2.24, 2.45) is 0 Å². The second-order valence-corrected chi connectivity index (χ2v) is 21.8. The molecular formula is C70H67F8N5O9. The van der Waals surface area contributed by atoms with Crippen LogP contribution in [0.3, 0.4) is 0 Å². The summed E-state index contributed by atoms with van der Waals surface area (Å²) < 4.78 is 126. The minimum atomic E-state index is -1.09. The number of benzene rings is 6. The molecule has 3 aliphatic rings. The number of likely N-dealkylation sites (tertiary alicyclic amines) is 1. The summed E-state index contributed by atoms with van der Waals surface area (Å²) in [6, 6.07) is 24.5. The van der Waals surface area contributed by atoms with Crippen LogP contribution in [0.2, 0.25) is 0 Å². The van der Waals surface area contributed by atoms with Gasteiger partial charge in [-0.15, -0.1) is 0 Å². The zero-order valence-corrected chi connectivity index (χ0v) is 50.4. The maximum Gasteiger partial charge on any atom is 0.251 e. The van der Waals surface area contributed by atoms with Crippen LogP contribution in [-0.2, 0) is 28.7 Å². The minimum Gasteiger partial charge on any atom is -0.492 e. The molecule has 6 aromatic carbocycles. The standard InChI is InChI=1S/C37H40F4N2O5.C33H27F4N3O4/c1-3-46-16-13-43(14-17-47-4-2)15-18-48-31-9-7-27(8-10-31)37(45)42-30-23-28(19-25-5-11-32(38)34(40)21-25)36(44)29(24-30)20-26-6-12-33(39)35(41)22-26;34-26-9-3-19(14-28(26)36)12-22-16-25(17-23(32(22)43)13-20-4-10-27(35)29(37)15-20)39-33(44)21-5-7-24(8-6-21)38-30(41)18-40-11-1-2-31(40)42/h5-12,19-22,30H,3-4,13-18,23-24H2,1-2H3,(H,42,45);3-10,12-15,25H,1-2,11,16-18H2,(H,38,41)(H,39,44)/b28-19+,29-20+;22-12+,23-13+. The molecular weight excluding hydrogens is 1210 g/mol. The Morgan fingerprint density at radius 1 is 0.500 bits per heavy atom. The van der Waals surface area contributed by atoms with Gasteiger partial charge in [-0.3, -0.25) is 33.7 Å². The minimum absolute atomic E-state index is 0.0533. The van der Waals surface area contributed by atoms with Gasteiger partial charge >= 0.3 is 0 Å². The molecule has 6 aromatic rings. The summed E-state index contributed by atoms with van der Waals surface area (Å²) >= 11 is 0. The van der Waals surface area contributed by atoms with E-state index in [-0.39, 0.29) is 94.2 Å². The van der Waals surface area contributed by atoms with Crippen molar-refractivity contribution in [3.8, 4) is 5.75 Å². The number of ether oxygens (including phenoxy) is 3. The van der Waals surface area contributed by atoms with E-state index in [1.54, 1.807) is 36.4 Å². The van der Waals surface area contributed by atoms with Crippen molar-refractivity contribution in [2.45, 2.75) is 64.5 Å². The average molecular weight is 1270 g/mol. The number of amides is 4. The second-order valence-electron chi connectivity index (χ2n) is 21.8. The maximum absolute atomic E-state index is 13.9. The molecule has 14 nitrogen and oxygen atoms in total. The molecule has 3 fully saturated rings. The number of Topliss-reactive ketones (excluding diaryl/α,β-unsaturated/α-hetero) is 2. The molecule has 1 saturated heterocycles. The number of nitrogens with zero attached hydrogens (tertiary/aromatic N) is 2. The molecule has 0 atom stereocenters. The highest BCUT2D eigenvalue weighted by Gasteiger charge is 2.32. The lowest BCUT2D eigenvalue weighted by Crippen LogP contribution is -2.39. The Hall–Kier alpha value is -9.38. The molecule has 0 bridgehead atoms. The Kier molecular flexibility index (Phi) is 24.6.